The molecule has 0 bridgehead atoms. The van der Waals surface area contributed by atoms with Crippen LogP contribution in [-0.4, -0.2) is 4.98 Å². The van der Waals surface area contributed by atoms with E-state index in [1.807, 2.05) is 18.2 Å². The monoisotopic (exact) mass is 242 g/mol. The summed E-state index contributed by atoms with van der Waals surface area (Å²) in [6.07, 6.45) is 5.70. The van der Waals surface area contributed by atoms with Crippen LogP contribution in [0, 0.1) is 0 Å². The van der Waals surface area contributed by atoms with Crippen LogP contribution in [0.3, 0.4) is 0 Å². The molecule has 3 heteroatoms. The maximum atomic E-state index is 5.74. The van der Waals surface area contributed by atoms with Crippen molar-refractivity contribution in [2.45, 2.75) is 26.3 Å². The van der Waals surface area contributed by atoms with Crippen molar-refractivity contribution in [3.8, 4) is 11.5 Å². The van der Waals surface area contributed by atoms with Gasteiger partial charge in [0.1, 0.15) is 11.5 Å². The van der Waals surface area contributed by atoms with E-state index < -0.39 is 0 Å². The fourth-order valence-electron chi connectivity index (χ4n) is 1.78. The van der Waals surface area contributed by atoms with Gasteiger partial charge in [-0.05, 0) is 35.7 Å². The summed E-state index contributed by atoms with van der Waals surface area (Å²) < 4.78 is 5.74. The zero-order valence-electron chi connectivity index (χ0n) is 10.6. The Bertz CT molecular complexity index is 494. The van der Waals surface area contributed by atoms with E-state index in [0.29, 0.717) is 6.54 Å². The Morgan fingerprint density at radius 2 is 1.83 bits per heavy atom. The second-order valence-corrected chi connectivity index (χ2v) is 4.23. The molecule has 2 rings (SSSR count). The van der Waals surface area contributed by atoms with E-state index in [1.165, 1.54) is 5.56 Å². The van der Waals surface area contributed by atoms with Crippen LogP contribution in [0.2, 0.25) is 0 Å². The molecule has 1 aromatic heterocycles. The van der Waals surface area contributed by atoms with Crippen LogP contribution in [0.15, 0.2) is 42.7 Å². The SMILES string of the molecule is CCCc1ccc(Oc2cncc(CN)c2)cc1. The first-order valence-electron chi connectivity index (χ1n) is 6.22. The third-order valence-electron chi connectivity index (χ3n) is 2.70. The molecular formula is C15H18N2O. The van der Waals surface area contributed by atoms with Crippen molar-refractivity contribution in [3.63, 3.8) is 0 Å². The summed E-state index contributed by atoms with van der Waals surface area (Å²) in [5.41, 5.74) is 7.87. The van der Waals surface area contributed by atoms with E-state index in [9.17, 15) is 0 Å². The van der Waals surface area contributed by atoms with Gasteiger partial charge in [0.2, 0.25) is 0 Å². The minimum Gasteiger partial charge on any atom is -0.456 e. The molecule has 0 aliphatic carbocycles. The summed E-state index contributed by atoms with van der Waals surface area (Å²) in [6.45, 7) is 2.65. The molecule has 0 amide bonds. The minimum absolute atomic E-state index is 0.472. The highest BCUT2D eigenvalue weighted by Gasteiger charge is 1.99. The first-order chi connectivity index (χ1) is 8.81. The van der Waals surface area contributed by atoms with E-state index in [-0.39, 0.29) is 0 Å². The second kappa shape index (κ2) is 6.17. The molecule has 2 aromatic rings. The van der Waals surface area contributed by atoms with Crippen molar-refractivity contribution in [1.82, 2.24) is 4.98 Å². The number of ether oxygens (including phenoxy) is 1. The average Bonchev–Trinajstić information content (AvgIpc) is 2.42. The summed E-state index contributed by atoms with van der Waals surface area (Å²) in [5.74, 6) is 1.55. The summed E-state index contributed by atoms with van der Waals surface area (Å²) in [6, 6.07) is 10.1. The molecule has 0 saturated heterocycles. The zero-order chi connectivity index (χ0) is 12.8. The lowest BCUT2D eigenvalue weighted by Gasteiger charge is -2.07. The van der Waals surface area contributed by atoms with Gasteiger partial charge in [-0.25, -0.2) is 0 Å². The Balaban J connectivity index is 2.08. The zero-order valence-corrected chi connectivity index (χ0v) is 10.6. The number of hydrogen-bond acceptors (Lipinski definition) is 3. The Hall–Kier alpha value is -1.87. The number of rotatable bonds is 5. The molecular weight excluding hydrogens is 224 g/mol. The number of benzene rings is 1. The van der Waals surface area contributed by atoms with Crippen LogP contribution in [0.5, 0.6) is 11.5 Å². The van der Waals surface area contributed by atoms with Gasteiger partial charge in [0.05, 0.1) is 6.20 Å². The number of pyridine rings is 1. The van der Waals surface area contributed by atoms with Crippen molar-refractivity contribution in [2.24, 2.45) is 5.73 Å². The van der Waals surface area contributed by atoms with Crippen LogP contribution in [-0.2, 0) is 13.0 Å². The molecule has 0 aliphatic heterocycles. The smallest absolute Gasteiger partial charge is 0.146 e. The number of hydrogen-bond donors (Lipinski definition) is 1. The van der Waals surface area contributed by atoms with Gasteiger partial charge in [-0.3, -0.25) is 4.98 Å². The van der Waals surface area contributed by atoms with Crippen LogP contribution in [0.25, 0.3) is 0 Å². The van der Waals surface area contributed by atoms with Crippen LogP contribution in [0.1, 0.15) is 24.5 Å². The van der Waals surface area contributed by atoms with Crippen molar-refractivity contribution in [3.05, 3.63) is 53.9 Å². The van der Waals surface area contributed by atoms with Crippen molar-refractivity contribution < 1.29 is 4.74 Å². The Morgan fingerprint density at radius 3 is 2.50 bits per heavy atom. The quantitative estimate of drug-likeness (QED) is 0.875. The third-order valence-corrected chi connectivity index (χ3v) is 2.70. The average molecular weight is 242 g/mol. The molecule has 0 fully saturated rings. The van der Waals surface area contributed by atoms with Crippen LogP contribution in [0.4, 0.5) is 0 Å². The van der Waals surface area contributed by atoms with Gasteiger partial charge >= 0.3 is 0 Å². The summed E-state index contributed by atoms with van der Waals surface area (Å²) >= 11 is 0. The molecule has 0 aliphatic rings. The molecule has 2 N–H and O–H groups in total. The van der Waals surface area contributed by atoms with E-state index in [0.717, 1.165) is 29.9 Å². The molecule has 94 valence electrons. The number of aromatic nitrogens is 1. The maximum Gasteiger partial charge on any atom is 0.146 e. The summed E-state index contributed by atoms with van der Waals surface area (Å²) in [7, 11) is 0. The molecule has 0 saturated carbocycles. The fraction of sp³-hybridized carbons (Fsp3) is 0.267. The van der Waals surface area contributed by atoms with Gasteiger partial charge in [-0.1, -0.05) is 25.5 Å². The topological polar surface area (TPSA) is 48.1 Å². The highest BCUT2D eigenvalue weighted by atomic mass is 16.5. The van der Waals surface area contributed by atoms with E-state index in [2.05, 4.69) is 24.0 Å². The summed E-state index contributed by atoms with van der Waals surface area (Å²) in [5, 5.41) is 0. The molecule has 0 unspecified atom stereocenters. The maximum absolute atomic E-state index is 5.74. The lowest BCUT2D eigenvalue weighted by Crippen LogP contribution is -1.97. The van der Waals surface area contributed by atoms with Gasteiger partial charge in [-0.15, -0.1) is 0 Å². The second-order valence-electron chi connectivity index (χ2n) is 4.23. The van der Waals surface area contributed by atoms with E-state index in [4.69, 9.17) is 10.5 Å². The van der Waals surface area contributed by atoms with Gasteiger partial charge in [0, 0.05) is 12.7 Å². The Kier molecular flexibility index (Phi) is 4.31. The fourth-order valence-corrected chi connectivity index (χ4v) is 1.78. The predicted octanol–water partition coefficient (Wildman–Crippen LogP) is 3.29. The molecule has 0 atom stereocenters. The number of aryl methyl sites for hydroxylation is 1. The summed E-state index contributed by atoms with van der Waals surface area (Å²) in [4.78, 5) is 4.09. The number of nitrogens with zero attached hydrogens (tertiary/aromatic N) is 1. The molecule has 1 heterocycles. The predicted molar refractivity (Wildman–Crippen MR) is 72.6 cm³/mol. The lowest BCUT2D eigenvalue weighted by molar-refractivity contribution is 0.479. The van der Waals surface area contributed by atoms with Gasteiger partial charge < -0.3 is 10.5 Å². The van der Waals surface area contributed by atoms with Crippen LogP contribution >= 0.6 is 0 Å². The van der Waals surface area contributed by atoms with Gasteiger partial charge in [0.15, 0.2) is 0 Å². The minimum atomic E-state index is 0.472. The highest BCUT2D eigenvalue weighted by molar-refractivity contribution is 5.33. The highest BCUT2D eigenvalue weighted by Crippen LogP contribution is 2.21. The first-order valence-corrected chi connectivity index (χ1v) is 6.22. The van der Waals surface area contributed by atoms with Crippen molar-refractivity contribution in [1.29, 1.82) is 0 Å². The molecule has 1 aromatic carbocycles. The van der Waals surface area contributed by atoms with E-state index >= 15 is 0 Å². The molecule has 0 spiro atoms. The number of nitrogens with two attached hydrogens (primary N) is 1. The molecule has 0 radical (unpaired) electrons. The first kappa shape index (κ1) is 12.6. The Morgan fingerprint density at radius 1 is 1.06 bits per heavy atom. The lowest BCUT2D eigenvalue weighted by atomic mass is 10.1. The van der Waals surface area contributed by atoms with Gasteiger partial charge in [-0.2, -0.15) is 0 Å². The van der Waals surface area contributed by atoms with E-state index in [1.54, 1.807) is 12.4 Å². The molecule has 18 heavy (non-hydrogen) atoms. The van der Waals surface area contributed by atoms with Crippen molar-refractivity contribution in [2.75, 3.05) is 0 Å². The third kappa shape index (κ3) is 3.31. The standard InChI is InChI=1S/C15H18N2O/c1-2-3-12-4-6-14(7-5-12)18-15-8-13(9-16)10-17-11-15/h4-8,10-11H,2-3,9,16H2,1H3. The Labute approximate surface area is 108 Å². The van der Waals surface area contributed by atoms with Crippen LogP contribution < -0.4 is 10.5 Å². The normalized spacial score (nSPS) is 10.3. The van der Waals surface area contributed by atoms with Crippen molar-refractivity contribution >= 4 is 0 Å². The molecule has 3 nitrogen and oxygen atoms in total. The van der Waals surface area contributed by atoms with Gasteiger partial charge in [0.25, 0.3) is 0 Å². The largest absolute Gasteiger partial charge is 0.456 e.